The summed E-state index contributed by atoms with van der Waals surface area (Å²) in [6.07, 6.45) is 4.32. The third-order valence-corrected chi connectivity index (χ3v) is 7.21. The third kappa shape index (κ3) is 4.12. The summed E-state index contributed by atoms with van der Waals surface area (Å²) in [5.74, 6) is 0.284. The molecule has 1 N–H and O–H groups in total. The predicted octanol–water partition coefficient (Wildman–Crippen LogP) is 3.32. The lowest BCUT2D eigenvalue weighted by atomic mass is 9.79. The first-order valence-corrected chi connectivity index (χ1v) is 10.6. The van der Waals surface area contributed by atoms with E-state index in [0.717, 1.165) is 31.6 Å². The fourth-order valence-electron chi connectivity index (χ4n) is 3.38. The third-order valence-electron chi connectivity index (χ3n) is 5.98. The largest absolute Gasteiger partial charge is 0.593 e. The summed E-state index contributed by atoms with van der Waals surface area (Å²) in [6, 6.07) is 4.88. The summed E-state index contributed by atoms with van der Waals surface area (Å²) in [5.41, 5.74) is -0.702. The van der Waals surface area contributed by atoms with E-state index in [9.17, 15) is 8.94 Å². The summed E-state index contributed by atoms with van der Waals surface area (Å²) < 4.78 is 42.2. The van der Waals surface area contributed by atoms with E-state index in [1.165, 1.54) is 6.07 Å². The molecular weight excluding hydrogens is 352 g/mol. The van der Waals surface area contributed by atoms with Crippen LogP contribution in [0.5, 0.6) is 0 Å². The lowest BCUT2D eigenvalue weighted by Crippen LogP contribution is -2.41. The summed E-state index contributed by atoms with van der Waals surface area (Å²) in [4.78, 5) is 0.446. The molecule has 1 aromatic carbocycles. The fourth-order valence-corrected chi connectivity index (χ4v) is 4.46. The Bertz CT molecular complexity index is 634. The van der Waals surface area contributed by atoms with Gasteiger partial charge in [0.25, 0.3) is 0 Å². The van der Waals surface area contributed by atoms with Crippen molar-refractivity contribution in [3.05, 3.63) is 24.0 Å². The fraction of sp³-hybridized carbons (Fsp3) is 0.684. The molecule has 7 heteroatoms. The molecule has 1 atom stereocenters. The van der Waals surface area contributed by atoms with Crippen LogP contribution in [-0.2, 0) is 20.7 Å². The Kier molecular flexibility index (Phi) is 5.76. The lowest BCUT2D eigenvalue weighted by Gasteiger charge is -2.32. The Morgan fingerprint density at radius 3 is 2.23 bits per heavy atom. The molecule has 1 saturated carbocycles. The van der Waals surface area contributed by atoms with Crippen molar-refractivity contribution in [2.45, 2.75) is 82.4 Å². The topological polar surface area (TPSA) is 53.5 Å². The van der Waals surface area contributed by atoms with Gasteiger partial charge >= 0.3 is 7.12 Å². The molecule has 1 aliphatic heterocycles. The van der Waals surface area contributed by atoms with Gasteiger partial charge in [-0.1, -0.05) is 13.0 Å². The molecule has 4 nitrogen and oxygen atoms in total. The molecule has 0 bridgehead atoms. The molecule has 1 aliphatic carbocycles. The van der Waals surface area contributed by atoms with Crippen molar-refractivity contribution in [1.82, 2.24) is 4.72 Å². The highest BCUT2D eigenvalue weighted by atomic mass is 32.2. The molecule has 0 spiro atoms. The van der Waals surface area contributed by atoms with Gasteiger partial charge in [0, 0.05) is 11.5 Å². The number of benzene rings is 1. The zero-order valence-corrected chi connectivity index (χ0v) is 17.1. The quantitative estimate of drug-likeness (QED) is 0.642. The van der Waals surface area contributed by atoms with Crippen LogP contribution in [0.4, 0.5) is 4.39 Å². The van der Waals surface area contributed by atoms with E-state index in [1.54, 1.807) is 12.1 Å². The van der Waals surface area contributed by atoms with Gasteiger partial charge in [0.05, 0.1) is 28.6 Å². The van der Waals surface area contributed by atoms with Gasteiger partial charge in [-0.2, -0.15) is 0 Å². The Morgan fingerprint density at radius 1 is 1.12 bits per heavy atom. The minimum Gasteiger partial charge on any atom is -0.593 e. The first-order valence-electron chi connectivity index (χ1n) is 9.42. The van der Waals surface area contributed by atoms with E-state index >= 15 is 0 Å². The first-order chi connectivity index (χ1) is 12.1. The SMILES string of the molecule is CC1(C)OB(c2ccc([S+]([O-])N[C@H]3CC[C@@H](C)CC3)cc2F)OC1(C)C. The first kappa shape index (κ1) is 20.1. The van der Waals surface area contributed by atoms with Crippen LogP contribution in [0.25, 0.3) is 0 Å². The maximum absolute atomic E-state index is 14.7. The molecule has 1 aromatic rings. The molecule has 2 fully saturated rings. The van der Waals surface area contributed by atoms with Crippen molar-refractivity contribution >= 4 is 23.9 Å². The molecule has 1 saturated heterocycles. The number of hydrogen-bond acceptors (Lipinski definition) is 4. The molecule has 1 heterocycles. The van der Waals surface area contributed by atoms with Crippen LogP contribution < -0.4 is 10.2 Å². The normalized spacial score (nSPS) is 29.0. The van der Waals surface area contributed by atoms with E-state index in [1.807, 2.05) is 27.7 Å². The molecule has 0 aromatic heterocycles. The second kappa shape index (κ2) is 7.43. The van der Waals surface area contributed by atoms with Gasteiger partial charge in [-0.15, -0.1) is 4.72 Å². The average molecular weight is 381 g/mol. The number of halogens is 1. The minimum atomic E-state index is -1.41. The van der Waals surface area contributed by atoms with E-state index in [-0.39, 0.29) is 6.04 Å². The van der Waals surface area contributed by atoms with Crippen molar-refractivity contribution in [1.29, 1.82) is 0 Å². The summed E-state index contributed by atoms with van der Waals surface area (Å²) >= 11 is -1.41. The molecule has 2 aliphatic rings. The zero-order chi connectivity index (χ0) is 19.1. The van der Waals surface area contributed by atoms with Gasteiger partial charge in [-0.05, 0) is 65.4 Å². The zero-order valence-electron chi connectivity index (χ0n) is 16.3. The number of hydrogen-bond donors (Lipinski definition) is 1. The van der Waals surface area contributed by atoms with Crippen LogP contribution in [0.1, 0.15) is 60.3 Å². The molecule has 1 unspecified atom stereocenters. The van der Waals surface area contributed by atoms with Gasteiger partial charge in [0.1, 0.15) is 5.82 Å². The van der Waals surface area contributed by atoms with Gasteiger partial charge in [0.2, 0.25) is 0 Å². The molecule has 0 radical (unpaired) electrons. The second-order valence-corrected chi connectivity index (χ2v) is 9.86. The highest BCUT2D eigenvalue weighted by molar-refractivity contribution is 7.89. The van der Waals surface area contributed by atoms with E-state index < -0.39 is 35.5 Å². The summed E-state index contributed by atoms with van der Waals surface area (Å²) in [6.45, 7) is 9.98. The van der Waals surface area contributed by atoms with E-state index in [4.69, 9.17) is 9.31 Å². The van der Waals surface area contributed by atoms with Crippen molar-refractivity contribution < 1.29 is 18.3 Å². The predicted molar refractivity (Wildman–Crippen MR) is 103 cm³/mol. The smallest absolute Gasteiger partial charge is 0.497 e. The van der Waals surface area contributed by atoms with Gasteiger partial charge < -0.3 is 13.9 Å². The van der Waals surface area contributed by atoms with Crippen molar-refractivity contribution in [3.8, 4) is 0 Å². The maximum Gasteiger partial charge on any atom is 0.497 e. The summed E-state index contributed by atoms with van der Waals surface area (Å²) in [7, 11) is -0.754. The maximum atomic E-state index is 14.7. The number of rotatable bonds is 4. The Hall–Kier alpha value is -0.595. The Labute approximate surface area is 159 Å². The average Bonchev–Trinajstić information content (AvgIpc) is 2.77. The van der Waals surface area contributed by atoms with Gasteiger partial charge in [0.15, 0.2) is 4.90 Å². The highest BCUT2D eigenvalue weighted by Gasteiger charge is 2.52. The van der Waals surface area contributed by atoms with Crippen LogP contribution in [0.15, 0.2) is 23.1 Å². The Balaban J connectivity index is 1.68. The second-order valence-electron chi connectivity index (χ2n) is 8.61. The van der Waals surface area contributed by atoms with Crippen molar-refractivity contribution in [2.75, 3.05) is 0 Å². The van der Waals surface area contributed by atoms with Crippen LogP contribution in [0.2, 0.25) is 0 Å². The Morgan fingerprint density at radius 2 is 1.69 bits per heavy atom. The summed E-state index contributed by atoms with van der Waals surface area (Å²) in [5, 5.41) is 0. The van der Waals surface area contributed by atoms with Crippen LogP contribution in [0, 0.1) is 11.7 Å². The van der Waals surface area contributed by atoms with Gasteiger partial charge in [-0.25, -0.2) is 4.39 Å². The minimum absolute atomic E-state index is 0.234. The standard InChI is InChI=1S/C19H29BFNO3S/c1-13-6-8-14(9-7-13)22-26(23)15-10-11-16(17(21)12-15)20-24-18(2,3)19(4,5)25-20/h10-14,22H,6-9H2,1-5H3/t13-,14+,26?. The molecule has 26 heavy (non-hydrogen) atoms. The van der Waals surface area contributed by atoms with Crippen LogP contribution in [-0.4, -0.2) is 28.9 Å². The molecular formula is C19H29BFNO3S. The van der Waals surface area contributed by atoms with Crippen molar-refractivity contribution in [3.63, 3.8) is 0 Å². The van der Waals surface area contributed by atoms with Gasteiger partial charge in [-0.3, -0.25) is 0 Å². The van der Waals surface area contributed by atoms with E-state index in [0.29, 0.717) is 10.4 Å². The van der Waals surface area contributed by atoms with Crippen LogP contribution >= 0.6 is 0 Å². The lowest BCUT2D eigenvalue weighted by molar-refractivity contribution is 0.00578. The highest BCUT2D eigenvalue weighted by Crippen LogP contribution is 2.36. The molecule has 0 amide bonds. The molecule has 144 valence electrons. The monoisotopic (exact) mass is 381 g/mol. The van der Waals surface area contributed by atoms with Crippen molar-refractivity contribution in [2.24, 2.45) is 5.92 Å². The van der Waals surface area contributed by atoms with Crippen LogP contribution in [0.3, 0.4) is 0 Å². The number of nitrogens with one attached hydrogen (secondary N) is 1. The molecule has 3 rings (SSSR count). The van der Waals surface area contributed by atoms with E-state index in [2.05, 4.69) is 11.6 Å².